The summed E-state index contributed by atoms with van der Waals surface area (Å²) >= 11 is 0. The fraction of sp³-hybridized carbons (Fsp3) is 0.286. The zero-order chi connectivity index (χ0) is 31.8. The highest BCUT2D eigenvalue weighted by Crippen LogP contribution is 2.47. The van der Waals surface area contributed by atoms with Crippen LogP contribution in [0.2, 0.25) is 0 Å². The zero-order valence-electron chi connectivity index (χ0n) is 28.3. The van der Waals surface area contributed by atoms with Crippen LogP contribution in [0, 0.1) is 27.7 Å². The van der Waals surface area contributed by atoms with Crippen LogP contribution in [-0.4, -0.2) is 0 Å². The van der Waals surface area contributed by atoms with Gasteiger partial charge in [0.25, 0.3) is 0 Å². The van der Waals surface area contributed by atoms with Crippen LogP contribution in [0.15, 0.2) is 109 Å². The van der Waals surface area contributed by atoms with E-state index in [1.165, 1.54) is 33.4 Å². The Kier molecular flexibility index (Phi) is 8.49. The molecule has 2 nitrogen and oxygen atoms in total. The summed E-state index contributed by atoms with van der Waals surface area (Å²) in [4.78, 5) is 4.83. The highest BCUT2D eigenvalue weighted by Gasteiger charge is 2.24. The van der Waals surface area contributed by atoms with Crippen molar-refractivity contribution in [2.75, 3.05) is 9.80 Å². The van der Waals surface area contributed by atoms with Crippen LogP contribution >= 0.6 is 0 Å². The first-order chi connectivity index (χ1) is 20.7. The molecule has 5 aromatic carbocycles. The molecule has 44 heavy (non-hydrogen) atoms. The lowest BCUT2D eigenvalue weighted by Crippen LogP contribution is -2.18. The largest absolute Gasteiger partial charge is 0.308 e. The molecule has 0 aromatic heterocycles. The second-order valence-electron chi connectivity index (χ2n) is 14.4. The Bertz CT molecular complexity index is 1580. The van der Waals surface area contributed by atoms with Gasteiger partial charge in [-0.3, -0.25) is 0 Å². The summed E-state index contributed by atoms with van der Waals surface area (Å²) in [7, 11) is 0. The Balaban J connectivity index is 1.79. The Morgan fingerprint density at radius 2 is 0.614 bits per heavy atom. The molecule has 0 spiro atoms. The lowest BCUT2D eigenvalue weighted by atomic mass is 9.87. The molecule has 0 aliphatic heterocycles. The van der Waals surface area contributed by atoms with Crippen LogP contribution in [0.4, 0.5) is 34.1 Å². The van der Waals surface area contributed by atoms with Gasteiger partial charge in [0.2, 0.25) is 0 Å². The van der Waals surface area contributed by atoms with Gasteiger partial charge in [0, 0.05) is 22.7 Å². The number of hydrogen-bond acceptors (Lipinski definition) is 2. The molecule has 0 aliphatic carbocycles. The smallest absolute Gasteiger partial charge is 0.0705 e. The lowest BCUT2D eigenvalue weighted by Gasteiger charge is -2.34. The van der Waals surface area contributed by atoms with Gasteiger partial charge in [0.1, 0.15) is 0 Å². The molecule has 0 saturated heterocycles. The predicted molar refractivity (Wildman–Crippen MR) is 192 cm³/mol. The molecule has 0 atom stereocenters. The van der Waals surface area contributed by atoms with Gasteiger partial charge >= 0.3 is 0 Å². The number of nitrogens with zero attached hydrogens (tertiary/aromatic N) is 2. The van der Waals surface area contributed by atoms with Gasteiger partial charge in [-0.1, -0.05) is 101 Å². The van der Waals surface area contributed by atoms with Gasteiger partial charge < -0.3 is 9.80 Å². The van der Waals surface area contributed by atoms with Crippen molar-refractivity contribution in [2.24, 2.45) is 0 Å². The second-order valence-corrected chi connectivity index (χ2v) is 14.4. The molecule has 0 radical (unpaired) electrons. The molecule has 0 fully saturated rings. The first kappa shape index (κ1) is 31.1. The third-order valence-corrected chi connectivity index (χ3v) is 8.64. The Labute approximate surface area is 266 Å². The molecule has 5 aromatic rings. The van der Waals surface area contributed by atoms with E-state index in [9.17, 15) is 0 Å². The van der Waals surface area contributed by atoms with Crippen LogP contribution in [0.1, 0.15) is 74.9 Å². The Hall–Kier alpha value is -4.30. The normalized spacial score (nSPS) is 11.9. The van der Waals surface area contributed by atoms with Crippen molar-refractivity contribution < 1.29 is 0 Å². The number of hydrogen-bond donors (Lipinski definition) is 0. The molecule has 0 unspecified atom stereocenters. The maximum Gasteiger partial charge on any atom is 0.0705 e. The first-order valence-corrected chi connectivity index (χ1v) is 15.8. The summed E-state index contributed by atoms with van der Waals surface area (Å²) in [5, 5.41) is 0. The lowest BCUT2D eigenvalue weighted by molar-refractivity contribution is 0.590. The van der Waals surface area contributed by atoms with Gasteiger partial charge in [-0.05, 0) is 121 Å². The molecule has 0 aliphatic rings. The van der Waals surface area contributed by atoms with Crippen LogP contribution in [0.3, 0.4) is 0 Å². The standard InChI is InChI=1S/C42H48N2/c1-29-11-19-35(20-12-29)43(37-23-15-33(16-24-37)41(5,6)7)39-27-31(3)32(4)28-40(39)44(36-21-13-30(2)14-22-36)38-25-17-34(18-26-38)42(8,9)10/h11-28H,1-10H3. The Morgan fingerprint density at radius 1 is 0.364 bits per heavy atom. The minimum absolute atomic E-state index is 0.0836. The molecule has 226 valence electrons. The molecule has 2 heteroatoms. The summed E-state index contributed by atoms with van der Waals surface area (Å²) in [6.45, 7) is 22.3. The van der Waals surface area contributed by atoms with Crippen LogP contribution in [0.25, 0.3) is 0 Å². The predicted octanol–water partition coefficient (Wildman–Crippen LogP) is 12.5. The van der Waals surface area contributed by atoms with Crippen molar-refractivity contribution >= 4 is 34.1 Å². The van der Waals surface area contributed by atoms with Crippen molar-refractivity contribution in [3.8, 4) is 0 Å². The second kappa shape index (κ2) is 12.0. The molecule has 5 rings (SSSR count). The van der Waals surface area contributed by atoms with E-state index in [2.05, 4.69) is 188 Å². The number of aryl methyl sites for hydroxylation is 4. The quantitative estimate of drug-likeness (QED) is 0.197. The topological polar surface area (TPSA) is 6.48 Å². The average Bonchev–Trinajstić information content (AvgIpc) is 2.97. The highest BCUT2D eigenvalue weighted by atomic mass is 15.2. The van der Waals surface area contributed by atoms with Gasteiger partial charge in [-0.25, -0.2) is 0 Å². The van der Waals surface area contributed by atoms with Gasteiger partial charge in [-0.15, -0.1) is 0 Å². The van der Waals surface area contributed by atoms with Crippen LogP contribution < -0.4 is 9.80 Å². The zero-order valence-corrected chi connectivity index (χ0v) is 28.3. The minimum atomic E-state index is 0.0836. The first-order valence-electron chi connectivity index (χ1n) is 15.8. The van der Waals surface area contributed by atoms with Crippen molar-refractivity contribution in [1.82, 2.24) is 0 Å². The van der Waals surface area contributed by atoms with E-state index in [4.69, 9.17) is 0 Å². The third-order valence-electron chi connectivity index (χ3n) is 8.64. The SMILES string of the molecule is Cc1ccc(N(c2ccc(C(C)(C)C)cc2)c2cc(C)c(C)cc2N(c2ccc(C)cc2)c2ccc(C(C)(C)C)cc2)cc1. The number of rotatable bonds is 6. The summed E-state index contributed by atoms with van der Waals surface area (Å²) in [6, 6.07) is 40.7. The van der Waals surface area contributed by atoms with Crippen molar-refractivity contribution in [3.63, 3.8) is 0 Å². The van der Waals surface area contributed by atoms with Crippen molar-refractivity contribution in [3.05, 3.63) is 143 Å². The maximum atomic E-state index is 2.42. The fourth-order valence-corrected chi connectivity index (χ4v) is 5.61. The molecule has 0 bridgehead atoms. The summed E-state index contributed by atoms with van der Waals surface area (Å²) in [6.07, 6.45) is 0. The molecule has 0 saturated carbocycles. The molecular weight excluding hydrogens is 532 g/mol. The maximum absolute atomic E-state index is 2.42. The highest BCUT2D eigenvalue weighted by molar-refractivity contribution is 5.92. The van der Waals surface area contributed by atoms with Crippen molar-refractivity contribution in [1.29, 1.82) is 0 Å². The van der Waals surface area contributed by atoms with Gasteiger partial charge in [-0.2, -0.15) is 0 Å². The molecule has 0 N–H and O–H groups in total. The fourth-order valence-electron chi connectivity index (χ4n) is 5.61. The van der Waals surface area contributed by atoms with Crippen LogP contribution in [-0.2, 0) is 10.8 Å². The average molecular weight is 581 g/mol. The van der Waals surface area contributed by atoms with Crippen LogP contribution in [0.5, 0.6) is 0 Å². The van der Waals surface area contributed by atoms with E-state index in [0.717, 1.165) is 34.1 Å². The molecule has 0 amide bonds. The third kappa shape index (κ3) is 6.60. The van der Waals surface area contributed by atoms with Gasteiger partial charge in [0.05, 0.1) is 11.4 Å². The summed E-state index contributed by atoms with van der Waals surface area (Å²) in [5.74, 6) is 0. The number of anilines is 6. The molecular formula is C42H48N2. The van der Waals surface area contributed by atoms with Crippen molar-refractivity contribution in [2.45, 2.75) is 80.1 Å². The van der Waals surface area contributed by atoms with E-state index >= 15 is 0 Å². The van der Waals surface area contributed by atoms with E-state index in [-0.39, 0.29) is 10.8 Å². The summed E-state index contributed by atoms with van der Waals surface area (Å²) in [5.41, 5.74) is 14.7. The van der Waals surface area contributed by atoms with E-state index in [1.807, 2.05) is 0 Å². The van der Waals surface area contributed by atoms with E-state index in [0.29, 0.717) is 0 Å². The van der Waals surface area contributed by atoms with E-state index < -0.39 is 0 Å². The van der Waals surface area contributed by atoms with Gasteiger partial charge in [0.15, 0.2) is 0 Å². The van der Waals surface area contributed by atoms with E-state index in [1.54, 1.807) is 0 Å². The molecule has 0 heterocycles. The minimum Gasteiger partial charge on any atom is -0.308 e. The number of benzene rings is 5. The summed E-state index contributed by atoms with van der Waals surface area (Å²) < 4.78 is 0. The monoisotopic (exact) mass is 580 g/mol. The Morgan fingerprint density at radius 3 is 0.864 bits per heavy atom.